The molecule has 1 aliphatic carbocycles. The molecule has 216 valence electrons. The van der Waals surface area contributed by atoms with Gasteiger partial charge in [0.2, 0.25) is 11.8 Å². The second kappa shape index (κ2) is 11.9. The number of aryl methyl sites for hydroxylation is 2. The highest BCUT2D eigenvalue weighted by molar-refractivity contribution is 6.19. The molecule has 1 atom stereocenters. The van der Waals surface area contributed by atoms with Gasteiger partial charge in [0, 0.05) is 37.1 Å². The fourth-order valence-corrected chi connectivity index (χ4v) is 5.87. The van der Waals surface area contributed by atoms with E-state index in [-0.39, 0.29) is 5.91 Å². The molecule has 3 aliphatic rings. The third-order valence-electron chi connectivity index (χ3n) is 8.20. The molecule has 1 fully saturated rings. The number of anilines is 3. The monoisotopic (exact) mass is 556 g/mol. The van der Waals surface area contributed by atoms with Gasteiger partial charge in [-0.05, 0) is 101 Å². The zero-order valence-electron chi connectivity index (χ0n) is 24.2. The summed E-state index contributed by atoms with van der Waals surface area (Å²) >= 11 is 0. The average molecular weight is 557 g/mol. The number of aromatic nitrogens is 3. The van der Waals surface area contributed by atoms with Crippen molar-refractivity contribution < 1.29 is 9.53 Å². The smallest absolute Gasteiger partial charge is 0.280 e. The molecule has 4 heterocycles. The van der Waals surface area contributed by atoms with Crippen LogP contribution in [0.5, 0.6) is 5.88 Å². The van der Waals surface area contributed by atoms with Crippen molar-refractivity contribution in [2.45, 2.75) is 45.4 Å². The molecule has 1 saturated carbocycles. The average Bonchev–Trinajstić information content (AvgIpc) is 3.66. The van der Waals surface area contributed by atoms with Gasteiger partial charge in [-0.3, -0.25) is 9.78 Å². The van der Waals surface area contributed by atoms with Crippen LogP contribution in [0.15, 0.2) is 41.5 Å². The molecule has 41 heavy (non-hydrogen) atoms. The highest BCUT2D eigenvalue weighted by Gasteiger charge is 2.36. The van der Waals surface area contributed by atoms with Crippen molar-refractivity contribution in [3.05, 3.63) is 47.8 Å². The minimum atomic E-state index is -0.302. The molecule has 0 unspecified atom stereocenters. The van der Waals surface area contributed by atoms with Gasteiger partial charge in [-0.15, -0.1) is 0 Å². The number of hydrogen-bond acceptors (Lipinski definition) is 8. The van der Waals surface area contributed by atoms with E-state index in [2.05, 4.69) is 49.1 Å². The van der Waals surface area contributed by atoms with Crippen molar-refractivity contribution in [2.75, 3.05) is 48.8 Å². The number of benzene rings is 1. The van der Waals surface area contributed by atoms with E-state index in [0.29, 0.717) is 41.5 Å². The third-order valence-corrected chi connectivity index (χ3v) is 8.20. The van der Waals surface area contributed by atoms with Crippen LogP contribution in [0, 0.1) is 18.8 Å². The number of nitrogens with one attached hydrogen (secondary N) is 3. The third kappa shape index (κ3) is 6.07. The highest BCUT2D eigenvalue weighted by Crippen LogP contribution is 2.43. The quantitative estimate of drug-likeness (QED) is 0.355. The summed E-state index contributed by atoms with van der Waals surface area (Å²) in [5.41, 5.74) is 5.77. The van der Waals surface area contributed by atoms with Gasteiger partial charge >= 0.3 is 0 Å². The van der Waals surface area contributed by atoms with E-state index >= 15 is 0 Å². The maximum atomic E-state index is 13.6. The van der Waals surface area contributed by atoms with Gasteiger partial charge in [0.25, 0.3) is 5.91 Å². The topological polar surface area (TPSA) is 109 Å². The fourth-order valence-electron chi connectivity index (χ4n) is 5.87. The van der Waals surface area contributed by atoms with Gasteiger partial charge in [0.05, 0.1) is 35.4 Å². The number of nitrogens with zero attached hydrogens (tertiary/aromatic N) is 5. The molecule has 0 spiro atoms. The molecule has 0 saturated heterocycles. The van der Waals surface area contributed by atoms with Crippen molar-refractivity contribution >= 4 is 28.9 Å². The lowest BCUT2D eigenvalue weighted by Crippen LogP contribution is -2.36. The SMILES string of the molecule is CNCCCCNc1ccc2c(c1)N/C1=N\C(=O)c3cc(C)nc(c3)-c3cnn(C)c3OCCC[C@@H](C3CC3)CN12. The molecule has 1 aromatic carbocycles. The predicted molar refractivity (Wildman–Crippen MR) is 163 cm³/mol. The van der Waals surface area contributed by atoms with E-state index < -0.39 is 0 Å². The number of pyridine rings is 1. The van der Waals surface area contributed by atoms with Crippen LogP contribution in [-0.2, 0) is 7.05 Å². The Morgan fingerprint density at radius 3 is 2.78 bits per heavy atom. The van der Waals surface area contributed by atoms with Crippen molar-refractivity contribution in [2.24, 2.45) is 23.9 Å². The molecule has 0 radical (unpaired) electrons. The minimum absolute atomic E-state index is 0.302. The van der Waals surface area contributed by atoms with Crippen LogP contribution in [0.4, 0.5) is 17.1 Å². The molecule has 6 rings (SSSR count). The summed E-state index contributed by atoms with van der Waals surface area (Å²) in [6.07, 6.45) is 8.47. The van der Waals surface area contributed by atoms with Gasteiger partial charge in [-0.25, -0.2) is 4.68 Å². The van der Waals surface area contributed by atoms with Gasteiger partial charge in [-0.1, -0.05) is 0 Å². The zero-order valence-corrected chi connectivity index (χ0v) is 24.2. The van der Waals surface area contributed by atoms with Crippen LogP contribution in [-0.4, -0.2) is 59.9 Å². The van der Waals surface area contributed by atoms with Gasteiger partial charge < -0.3 is 25.6 Å². The molecule has 3 N–H and O–H groups in total. The first-order chi connectivity index (χ1) is 20.0. The maximum absolute atomic E-state index is 13.6. The Hall–Kier alpha value is -3.92. The number of unbranched alkanes of at least 4 members (excludes halogenated alkanes) is 1. The highest BCUT2D eigenvalue weighted by atomic mass is 16.5. The fraction of sp³-hybridized carbons (Fsp3) is 0.484. The lowest BCUT2D eigenvalue weighted by molar-refractivity contribution is 0.100. The summed E-state index contributed by atoms with van der Waals surface area (Å²) in [4.78, 5) is 25.2. The minimum Gasteiger partial charge on any atom is -0.477 e. The Morgan fingerprint density at radius 2 is 1.95 bits per heavy atom. The Balaban J connectivity index is 1.33. The number of ether oxygens (including phenoxy) is 1. The number of carbonyl (C=O) groups is 1. The van der Waals surface area contributed by atoms with E-state index in [1.807, 2.05) is 21.0 Å². The van der Waals surface area contributed by atoms with Crippen LogP contribution >= 0.6 is 0 Å². The zero-order chi connectivity index (χ0) is 28.3. The summed E-state index contributed by atoms with van der Waals surface area (Å²) in [7, 11) is 3.85. The van der Waals surface area contributed by atoms with E-state index in [1.165, 1.54) is 12.8 Å². The summed E-state index contributed by atoms with van der Waals surface area (Å²) in [6.45, 7) is 5.24. The normalized spacial score (nSPS) is 20.0. The second-order valence-corrected chi connectivity index (χ2v) is 11.4. The van der Waals surface area contributed by atoms with Crippen molar-refractivity contribution in [3.63, 3.8) is 0 Å². The molecule has 2 bridgehead atoms. The molecule has 1 amide bonds. The number of guanidine groups is 1. The molecular weight excluding hydrogens is 516 g/mol. The number of hydrogen-bond donors (Lipinski definition) is 3. The molecule has 2 aromatic heterocycles. The van der Waals surface area contributed by atoms with Gasteiger partial charge in [-0.2, -0.15) is 10.1 Å². The molecule has 3 aromatic rings. The number of fused-ring (bicyclic) bond motifs is 7. The summed E-state index contributed by atoms with van der Waals surface area (Å²) in [6, 6.07) is 9.98. The Labute approximate surface area is 241 Å². The van der Waals surface area contributed by atoms with Crippen LogP contribution in [0.25, 0.3) is 11.3 Å². The lowest BCUT2D eigenvalue weighted by Gasteiger charge is -2.25. The number of rotatable bonds is 7. The Bertz CT molecular complexity index is 1440. The van der Waals surface area contributed by atoms with Crippen LogP contribution in [0.2, 0.25) is 0 Å². The standard InChI is InChI=1S/C31H40N8O2/c1-20-15-23-16-26(35-20)25-18-34-38(3)30(25)41-14-6-7-22(21-8-9-21)19-39-28-11-10-24(33-13-5-4-12-32-2)17-27(28)36-31(39)37-29(23)40/h10-11,15-18,21-22,32-33H,4-9,12-14,19H2,1-3H3,(H,36,37,40)/t22-/m1/s1. The van der Waals surface area contributed by atoms with Crippen LogP contribution in [0.3, 0.4) is 0 Å². The summed E-state index contributed by atoms with van der Waals surface area (Å²) < 4.78 is 8.00. The van der Waals surface area contributed by atoms with E-state index in [9.17, 15) is 4.79 Å². The van der Waals surface area contributed by atoms with Crippen LogP contribution < -0.4 is 25.6 Å². The first-order valence-corrected chi connectivity index (χ1v) is 14.8. The summed E-state index contributed by atoms with van der Waals surface area (Å²) in [5, 5.41) is 14.6. The summed E-state index contributed by atoms with van der Waals surface area (Å²) in [5.74, 6) is 2.14. The van der Waals surface area contributed by atoms with Crippen molar-refractivity contribution in [1.82, 2.24) is 20.1 Å². The number of amides is 1. The van der Waals surface area contributed by atoms with E-state index in [0.717, 1.165) is 73.6 Å². The molecule has 2 aliphatic heterocycles. The largest absolute Gasteiger partial charge is 0.477 e. The lowest BCUT2D eigenvalue weighted by atomic mass is 9.97. The first-order valence-electron chi connectivity index (χ1n) is 14.8. The predicted octanol–water partition coefficient (Wildman–Crippen LogP) is 4.83. The van der Waals surface area contributed by atoms with Gasteiger partial charge in [0.15, 0.2) is 0 Å². The first kappa shape index (κ1) is 27.3. The molecule has 10 nitrogen and oxygen atoms in total. The van der Waals surface area contributed by atoms with Gasteiger partial charge in [0.1, 0.15) is 0 Å². The number of carbonyl (C=O) groups excluding carboxylic acids is 1. The van der Waals surface area contributed by atoms with Crippen molar-refractivity contribution in [3.8, 4) is 17.1 Å². The second-order valence-electron chi connectivity index (χ2n) is 11.4. The number of aliphatic imine (C=N–C) groups is 1. The molecule has 10 heteroatoms. The van der Waals surface area contributed by atoms with Crippen molar-refractivity contribution in [1.29, 1.82) is 0 Å². The van der Waals surface area contributed by atoms with E-state index in [1.54, 1.807) is 23.0 Å². The molecular formula is C31H40N8O2. The maximum Gasteiger partial charge on any atom is 0.280 e. The Kier molecular flexibility index (Phi) is 7.91. The van der Waals surface area contributed by atoms with E-state index in [4.69, 9.17) is 9.72 Å². The Morgan fingerprint density at radius 1 is 1.10 bits per heavy atom. The van der Waals surface area contributed by atoms with Crippen LogP contribution in [0.1, 0.15) is 54.6 Å².